The van der Waals surface area contributed by atoms with Gasteiger partial charge < -0.3 is 13.9 Å². The van der Waals surface area contributed by atoms with Gasteiger partial charge in [0.2, 0.25) is 5.89 Å². The molecule has 2 aromatic heterocycles. The van der Waals surface area contributed by atoms with Crippen molar-refractivity contribution in [2.24, 2.45) is 0 Å². The highest BCUT2D eigenvalue weighted by atomic mass is 16.6. The molecule has 0 N–H and O–H groups in total. The Kier molecular flexibility index (Phi) is 6.27. The molecule has 1 atom stereocenters. The monoisotopic (exact) mass is 482 g/mol. The van der Waals surface area contributed by atoms with Gasteiger partial charge in [-0.3, -0.25) is 4.79 Å². The Bertz CT molecular complexity index is 1580. The number of methoxy groups -OCH3 is 1. The van der Waals surface area contributed by atoms with Gasteiger partial charge in [0.1, 0.15) is 5.75 Å². The Labute approximate surface area is 205 Å². The summed E-state index contributed by atoms with van der Waals surface area (Å²) in [5.74, 6) is 0.422. The number of benzene rings is 3. The van der Waals surface area contributed by atoms with E-state index in [1.165, 1.54) is 4.68 Å². The summed E-state index contributed by atoms with van der Waals surface area (Å²) >= 11 is 0. The average molecular weight is 482 g/mol. The third kappa shape index (κ3) is 4.58. The van der Waals surface area contributed by atoms with E-state index in [-0.39, 0.29) is 29.6 Å². The zero-order chi connectivity index (χ0) is 25.1. The van der Waals surface area contributed by atoms with Crippen molar-refractivity contribution in [2.45, 2.75) is 19.6 Å². The SMILES string of the molecule is COc1ccc(-c2nnc(C(C)OC(=O)c3nn(Cc4ccccc4)c(=O)c4ccccc34)o2)cc1. The van der Waals surface area contributed by atoms with Crippen LogP contribution in [0.4, 0.5) is 0 Å². The van der Waals surface area contributed by atoms with Crippen molar-refractivity contribution in [2.75, 3.05) is 7.11 Å². The maximum Gasteiger partial charge on any atom is 0.360 e. The van der Waals surface area contributed by atoms with Crippen LogP contribution in [0.2, 0.25) is 0 Å². The fourth-order valence-corrected chi connectivity index (χ4v) is 3.77. The van der Waals surface area contributed by atoms with Gasteiger partial charge in [-0.15, -0.1) is 10.2 Å². The quantitative estimate of drug-likeness (QED) is 0.314. The number of fused-ring (bicyclic) bond motifs is 1. The van der Waals surface area contributed by atoms with Crippen LogP contribution in [0.5, 0.6) is 5.75 Å². The number of esters is 1. The Morgan fingerprint density at radius 2 is 1.64 bits per heavy atom. The lowest BCUT2D eigenvalue weighted by atomic mass is 10.1. The van der Waals surface area contributed by atoms with E-state index in [9.17, 15) is 9.59 Å². The molecule has 180 valence electrons. The normalized spacial score (nSPS) is 11.8. The van der Waals surface area contributed by atoms with E-state index in [2.05, 4.69) is 15.3 Å². The number of nitrogens with zero attached hydrogens (tertiary/aromatic N) is 4. The Morgan fingerprint density at radius 1 is 0.944 bits per heavy atom. The van der Waals surface area contributed by atoms with E-state index >= 15 is 0 Å². The van der Waals surface area contributed by atoms with E-state index in [1.807, 2.05) is 30.3 Å². The van der Waals surface area contributed by atoms with Crippen molar-refractivity contribution < 1.29 is 18.7 Å². The highest BCUT2D eigenvalue weighted by Crippen LogP contribution is 2.25. The summed E-state index contributed by atoms with van der Waals surface area (Å²) in [4.78, 5) is 26.2. The van der Waals surface area contributed by atoms with Gasteiger partial charge in [-0.25, -0.2) is 9.48 Å². The van der Waals surface area contributed by atoms with Crippen molar-refractivity contribution in [3.05, 3.63) is 106 Å². The Hall–Kier alpha value is -4.79. The molecule has 36 heavy (non-hydrogen) atoms. The number of carbonyl (C=O) groups excluding carboxylic acids is 1. The first-order valence-corrected chi connectivity index (χ1v) is 11.3. The van der Waals surface area contributed by atoms with E-state index < -0.39 is 12.1 Å². The summed E-state index contributed by atoms with van der Waals surface area (Å²) < 4.78 is 17.8. The molecule has 0 aliphatic carbocycles. The van der Waals surface area contributed by atoms with Crippen molar-refractivity contribution in [3.8, 4) is 17.2 Å². The molecule has 0 saturated carbocycles. The number of carbonyl (C=O) groups is 1. The van der Waals surface area contributed by atoms with Gasteiger partial charge in [-0.2, -0.15) is 5.10 Å². The molecule has 0 spiro atoms. The minimum Gasteiger partial charge on any atom is -0.497 e. The van der Waals surface area contributed by atoms with Crippen molar-refractivity contribution in [1.82, 2.24) is 20.0 Å². The molecule has 1 unspecified atom stereocenters. The number of hydrogen-bond acceptors (Lipinski definition) is 8. The smallest absolute Gasteiger partial charge is 0.360 e. The predicted molar refractivity (Wildman–Crippen MR) is 132 cm³/mol. The second kappa shape index (κ2) is 9.83. The first-order chi connectivity index (χ1) is 17.5. The molecule has 5 aromatic rings. The fourth-order valence-electron chi connectivity index (χ4n) is 3.77. The van der Waals surface area contributed by atoms with Gasteiger partial charge in [0.25, 0.3) is 11.4 Å². The molecule has 5 rings (SSSR count). The third-order valence-electron chi connectivity index (χ3n) is 5.65. The highest BCUT2D eigenvalue weighted by molar-refractivity contribution is 6.02. The molecular weight excluding hydrogens is 460 g/mol. The van der Waals surface area contributed by atoms with E-state index in [0.717, 1.165) is 5.56 Å². The van der Waals surface area contributed by atoms with Crippen LogP contribution in [-0.4, -0.2) is 33.1 Å². The lowest BCUT2D eigenvalue weighted by molar-refractivity contribution is 0.0272. The van der Waals surface area contributed by atoms with Gasteiger partial charge in [-0.1, -0.05) is 48.5 Å². The number of hydrogen-bond donors (Lipinski definition) is 0. The molecule has 0 fully saturated rings. The zero-order valence-corrected chi connectivity index (χ0v) is 19.6. The minimum absolute atomic E-state index is 0.0304. The summed E-state index contributed by atoms with van der Waals surface area (Å²) in [5, 5.41) is 13.2. The average Bonchev–Trinajstić information content (AvgIpc) is 3.41. The van der Waals surface area contributed by atoms with Crippen LogP contribution in [0, 0.1) is 0 Å². The first-order valence-electron chi connectivity index (χ1n) is 11.3. The molecule has 9 nitrogen and oxygen atoms in total. The molecule has 0 aliphatic rings. The number of rotatable bonds is 7. The first kappa shape index (κ1) is 23.0. The lowest BCUT2D eigenvalue weighted by Crippen LogP contribution is -2.27. The van der Waals surface area contributed by atoms with Crippen molar-refractivity contribution in [1.29, 1.82) is 0 Å². The van der Waals surface area contributed by atoms with Crippen LogP contribution in [-0.2, 0) is 11.3 Å². The summed E-state index contributed by atoms with van der Waals surface area (Å²) in [5.41, 5.74) is 1.32. The van der Waals surface area contributed by atoms with Crippen molar-refractivity contribution >= 4 is 16.7 Å². The molecule has 0 amide bonds. The maximum absolute atomic E-state index is 13.2. The van der Waals surface area contributed by atoms with Gasteiger partial charge in [0.15, 0.2) is 11.8 Å². The zero-order valence-electron chi connectivity index (χ0n) is 19.6. The van der Waals surface area contributed by atoms with Crippen LogP contribution in [0.25, 0.3) is 22.2 Å². The minimum atomic E-state index is -0.841. The topological polar surface area (TPSA) is 109 Å². The molecule has 2 heterocycles. The lowest BCUT2D eigenvalue weighted by Gasteiger charge is -2.13. The maximum atomic E-state index is 13.2. The van der Waals surface area contributed by atoms with Crippen molar-refractivity contribution in [3.63, 3.8) is 0 Å². The molecule has 9 heteroatoms. The Morgan fingerprint density at radius 3 is 2.36 bits per heavy atom. The predicted octanol–water partition coefficient (Wildman–Crippen LogP) is 4.42. The molecule has 3 aromatic carbocycles. The molecule has 0 radical (unpaired) electrons. The van der Waals surface area contributed by atoms with Gasteiger partial charge >= 0.3 is 5.97 Å². The summed E-state index contributed by atoms with van der Waals surface area (Å²) in [7, 11) is 1.58. The summed E-state index contributed by atoms with van der Waals surface area (Å²) in [6, 6.07) is 23.4. The second-order valence-corrected chi connectivity index (χ2v) is 8.06. The number of aromatic nitrogens is 4. The third-order valence-corrected chi connectivity index (χ3v) is 5.65. The van der Waals surface area contributed by atoms with Crippen LogP contribution in [0.15, 0.2) is 88.1 Å². The van der Waals surface area contributed by atoms with Gasteiger partial charge in [0, 0.05) is 10.9 Å². The van der Waals surface area contributed by atoms with Gasteiger partial charge in [0.05, 0.1) is 19.0 Å². The summed E-state index contributed by atoms with van der Waals surface area (Å²) in [6.07, 6.45) is -0.841. The molecule has 0 saturated heterocycles. The van der Waals surface area contributed by atoms with Crippen LogP contribution in [0.1, 0.15) is 35.0 Å². The number of ether oxygens (including phenoxy) is 2. The van der Waals surface area contributed by atoms with Crippen LogP contribution < -0.4 is 10.3 Å². The second-order valence-electron chi connectivity index (χ2n) is 8.06. The largest absolute Gasteiger partial charge is 0.497 e. The molecule has 0 aliphatic heterocycles. The van der Waals surface area contributed by atoms with Crippen LogP contribution >= 0.6 is 0 Å². The van der Waals surface area contributed by atoms with Gasteiger partial charge in [-0.05, 0) is 42.8 Å². The highest BCUT2D eigenvalue weighted by Gasteiger charge is 2.24. The Balaban J connectivity index is 1.42. The van der Waals surface area contributed by atoms with E-state index in [0.29, 0.717) is 22.1 Å². The molecular formula is C27H22N4O5. The molecule has 0 bridgehead atoms. The van der Waals surface area contributed by atoms with Crippen LogP contribution in [0.3, 0.4) is 0 Å². The van der Waals surface area contributed by atoms with E-state index in [1.54, 1.807) is 62.6 Å². The summed E-state index contributed by atoms with van der Waals surface area (Å²) in [6.45, 7) is 1.85. The fraction of sp³-hybridized carbons (Fsp3) is 0.148. The van der Waals surface area contributed by atoms with E-state index in [4.69, 9.17) is 13.9 Å². The standard InChI is InChI=1S/C27H22N4O5/c1-17(24-28-29-25(36-24)19-12-14-20(34-2)15-13-19)35-27(33)23-21-10-6-7-11-22(21)26(32)31(30-23)16-18-8-4-3-5-9-18/h3-15,17H,16H2,1-2H3.